The second kappa shape index (κ2) is 7.90. The molecule has 0 spiro atoms. The van der Waals surface area contributed by atoms with Gasteiger partial charge < -0.3 is 15.4 Å². The van der Waals surface area contributed by atoms with Crippen molar-refractivity contribution in [2.45, 2.75) is 38.8 Å². The first-order chi connectivity index (χ1) is 13.7. The summed E-state index contributed by atoms with van der Waals surface area (Å²) < 4.78 is 5.13. The number of carbonyl (C=O) groups is 4. The minimum absolute atomic E-state index is 0.105. The van der Waals surface area contributed by atoms with Crippen LogP contribution >= 0.6 is 0 Å². The van der Waals surface area contributed by atoms with Crippen LogP contribution < -0.4 is 10.6 Å². The number of benzene rings is 2. The molecule has 1 atom stereocenters. The van der Waals surface area contributed by atoms with E-state index in [2.05, 4.69) is 10.6 Å². The Morgan fingerprint density at radius 1 is 1.14 bits per heavy atom. The van der Waals surface area contributed by atoms with E-state index in [1.807, 2.05) is 36.4 Å². The average molecular weight is 397 g/mol. The number of imide groups is 1. The van der Waals surface area contributed by atoms with Gasteiger partial charge in [0.2, 0.25) is 0 Å². The minimum Gasteiger partial charge on any atom is -0.452 e. The van der Waals surface area contributed by atoms with Crippen LogP contribution in [0.4, 0.5) is 10.5 Å². The molecule has 2 aromatic rings. The number of esters is 1. The lowest BCUT2D eigenvalue weighted by Crippen LogP contribution is -2.40. The predicted octanol–water partition coefficient (Wildman–Crippen LogP) is 2.43. The quantitative estimate of drug-likeness (QED) is 0.575. The molecule has 2 N–H and O–H groups in total. The summed E-state index contributed by atoms with van der Waals surface area (Å²) in [5.41, 5.74) is -0.397. The van der Waals surface area contributed by atoms with Crippen molar-refractivity contribution in [3.63, 3.8) is 0 Å². The van der Waals surface area contributed by atoms with Gasteiger partial charge in [-0.25, -0.2) is 4.79 Å². The highest BCUT2D eigenvalue weighted by atomic mass is 16.5. The van der Waals surface area contributed by atoms with Gasteiger partial charge in [-0.2, -0.15) is 0 Å². The first kappa shape index (κ1) is 20.3. The number of nitrogens with zero attached hydrogens (tertiary/aromatic N) is 1. The van der Waals surface area contributed by atoms with Crippen LogP contribution in [0, 0.1) is 0 Å². The SMILES string of the molecule is C[C@H](OC(=O)CCN1C(=O)NC(C)(C)C1=O)C(=O)Nc1ccc2ccccc2c1. The van der Waals surface area contributed by atoms with Gasteiger partial charge in [0.15, 0.2) is 6.10 Å². The molecule has 0 bridgehead atoms. The summed E-state index contributed by atoms with van der Waals surface area (Å²) in [6.45, 7) is 4.53. The van der Waals surface area contributed by atoms with Crippen molar-refractivity contribution in [3.05, 3.63) is 42.5 Å². The topological polar surface area (TPSA) is 105 Å². The molecule has 152 valence electrons. The minimum atomic E-state index is -1.02. The van der Waals surface area contributed by atoms with Crippen LogP contribution in [-0.4, -0.2) is 46.9 Å². The van der Waals surface area contributed by atoms with Crippen LogP contribution in [0.3, 0.4) is 0 Å². The Bertz CT molecular complexity index is 985. The second-order valence-electron chi connectivity index (χ2n) is 7.45. The molecule has 0 radical (unpaired) electrons. The van der Waals surface area contributed by atoms with Crippen LogP contribution in [-0.2, 0) is 19.1 Å². The lowest BCUT2D eigenvalue weighted by molar-refractivity contribution is -0.153. The van der Waals surface area contributed by atoms with E-state index in [0.29, 0.717) is 5.69 Å². The van der Waals surface area contributed by atoms with Crippen molar-refractivity contribution >= 4 is 40.3 Å². The van der Waals surface area contributed by atoms with E-state index >= 15 is 0 Å². The molecule has 1 aliphatic heterocycles. The molecular formula is C21H23N3O5. The largest absolute Gasteiger partial charge is 0.452 e. The molecule has 0 unspecified atom stereocenters. The molecule has 8 nitrogen and oxygen atoms in total. The summed E-state index contributed by atoms with van der Waals surface area (Å²) in [6, 6.07) is 12.7. The van der Waals surface area contributed by atoms with Crippen LogP contribution in [0.15, 0.2) is 42.5 Å². The van der Waals surface area contributed by atoms with Gasteiger partial charge >= 0.3 is 12.0 Å². The fourth-order valence-corrected chi connectivity index (χ4v) is 3.04. The van der Waals surface area contributed by atoms with E-state index in [-0.39, 0.29) is 13.0 Å². The lowest BCUT2D eigenvalue weighted by atomic mass is 10.1. The summed E-state index contributed by atoms with van der Waals surface area (Å²) in [6.07, 6.45) is -1.21. The molecule has 0 saturated carbocycles. The Morgan fingerprint density at radius 2 is 1.83 bits per heavy atom. The first-order valence-electron chi connectivity index (χ1n) is 9.30. The summed E-state index contributed by atoms with van der Waals surface area (Å²) in [5, 5.41) is 7.28. The summed E-state index contributed by atoms with van der Waals surface area (Å²) in [5.74, 6) is -1.54. The highest BCUT2D eigenvalue weighted by molar-refractivity contribution is 6.06. The maximum atomic E-state index is 12.3. The Labute approximate surface area is 168 Å². The number of carbonyl (C=O) groups excluding carboxylic acids is 4. The maximum absolute atomic E-state index is 12.3. The van der Waals surface area contributed by atoms with E-state index in [1.54, 1.807) is 19.9 Å². The monoisotopic (exact) mass is 397 g/mol. The van der Waals surface area contributed by atoms with E-state index in [4.69, 9.17) is 4.74 Å². The van der Waals surface area contributed by atoms with Crippen molar-refractivity contribution in [2.24, 2.45) is 0 Å². The Balaban J connectivity index is 1.51. The number of rotatable bonds is 6. The zero-order valence-corrected chi connectivity index (χ0v) is 16.5. The van der Waals surface area contributed by atoms with E-state index < -0.39 is 35.5 Å². The average Bonchev–Trinajstić information content (AvgIpc) is 2.86. The van der Waals surface area contributed by atoms with Gasteiger partial charge in [-0.05, 0) is 43.7 Å². The highest BCUT2D eigenvalue weighted by Gasteiger charge is 2.44. The number of hydrogen-bond acceptors (Lipinski definition) is 5. The lowest BCUT2D eigenvalue weighted by Gasteiger charge is -2.17. The smallest absolute Gasteiger partial charge is 0.325 e. The normalized spacial score (nSPS) is 16.4. The van der Waals surface area contributed by atoms with Gasteiger partial charge in [-0.1, -0.05) is 30.3 Å². The fraction of sp³-hybridized carbons (Fsp3) is 0.333. The molecule has 3 rings (SSSR count). The molecule has 29 heavy (non-hydrogen) atoms. The number of amides is 4. The molecule has 1 aliphatic rings. The molecule has 8 heteroatoms. The third kappa shape index (κ3) is 4.53. The molecule has 2 aromatic carbocycles. The zero-order chi connectivity index (χ0) is 21.2. The van der Waals surface area contributed by atoms with Crippen molar-refractivity contribution < 1.29 is 23.9 Å². The van der Waals surface area contributed by atoms with E-state index in [1.165, 1.54) is 6.92 Å². The van der Waals surface area contributed by atoms with Crippen LogP contribution in [0.5, 0.6) is 0 Å². The van der Waals surface area contributed by atoms with Gasteiger partial charge in [-0.3, -0.25) is 19.3 Å². The Hall–Kier alpha value is -3.42. The van der Waals surface area contributed by atoms with Crippen LogP contribution in [0.2, 0.25) is 0 Å². The molecule has 1 heterocycles. The molecule has 1 fully saturated rings. The summed E-state index contributed by atoms with van der Waals surface area (Å²) >= 11 is 0. The third-order valence-electron chi connectivity index (χ3n) is 4.68. The zero-order valence-electron chi connectivity index (χ0n) is 16.5. The number of hydrogen-bond donors (Lipinski definition) is 2. The number of fused-ring (bicyclic) bond motifs is 1. The number of nitrogens with one attached hydrogen (secondary N) is 2. The van der Waals surface area contributed by atoms with Gasteiger partial charge in [0, 0.05) is 12.2 Å². The van der Waals surface area contributed by atoms with Crippen molar-refractivity contribution in [2.75, 3.05) is 11.9 Å². The van der Waals surface area contributed by atoms with E-state index in [9.17, 15) is 19.2 Å². The molecule has 0 aliphatic carbocycles. The van der Waals surface area contributed by atoms with E-state index in [0.717, 1.165) is 15.7 Å². The molecule has 4 amide bonds. The first-order valence-corrected chi connectivity index (χ1v) is 9.30. The Kier molecular flexibility index (Phi) is 5.54. The molecular weight excluding hydrogens is 374 g/mol. The highest BCUT2D eigenvalue weighted by Crippen LogP contribution is 2.19. The van der Waals surface area contributed by atoms with Gasteiger partial charge in [0.05, 0.1) is 6.42 Å². The molecule has 0 aromatic heterocycles. The van der Waals surface area contributed by atoms with Crippen molar-refractivity contribution in [3.8, 4) is 0 Å². The van der Waals surface area contributed by atoms with Crippen LogP contribution in [0.1, 0.15) is 27.2 Å². The third-order valence-corrected chi connectivity index (χ3v) is 4.68. The van der Waals surface area contributed by atoms with Crippen molar-refractivity contribution in [1.29, 1.82) is 0 Å². The van der Waals surface area contributed by atoms with Gasteiger partial charge in [0.1, 0.15) is 5.54 Å². The fourth-order valence-electron chi connectivity index (χ4n) is 3.04. The summed E-state index contributed by atoms with van der Waals surface area (Å²) in [7, 11) is 0. The maximum Gasteiger partial charge on any atom is 0.325 e. The second-order valence-corrected chi connectivity index (χ2v) is 7.45. The number of anilines is 1. The summed E-state index contributed by atoms with van der Waals surface area (Å²) in [4.78, 5) is 49.3. The predicted molar refractivity (Wildman–Crippen MR) is 107 cm³/mol. The number of urea groups is 1. The molecule has 1 saturated heterocycles. The van der Waals surface area contributed by atoms with Crippen molar-refractivity contribution in [1.82, 2.24) is 10.2 Å². The van der Waals surface area contributed by atoms with Gasteiger partial charge in [0.25, 0.3) is 11.8 Å². The Morgan fingerprint density at radius 3 is 2.48 bits per heavy atom. The number of ether oxygens (including phenoxy) is 1. The van der Waals surface area contributed by atoms with Crippen LogP contribution in [0.25, 0.3) is 10.8 Å². The standard InChI is InChI=1S/C21H23N3O5/c1-13(18(26)22-16-9-8-14-6-4-5-7-15(14)12-16)29-17(25)10-11-24-19(27)21(2,3)23-20(24)28/h4-9,12-13H,10-11H2,1-3H3,(H,22,26)(H,23,28)/t13-/m0/s1. The van der Waals surface area contributed by atoms with Gasteiger partial charge in [-0.15, -0.1) is 0 Å².